The van der Waals surface area contributed by atoms with Crippen LogP contribution in [0.4, 0.5) is 15.8 Å². The lowest BCUT2D eigenvalue weighted by atomic mass is 10.2. The fourth-order valence-electron chi connectivity index (χ4n) is 1.69. The number of nitrogens with two attached hydrogens (primary N) is 1. The van der Waals surface area contributed by atoms with Gasteiger partial charge in [-0.2, -0.15) is 0 Å². The highest BCUT2D eigenvalue weighted by atomic mass is 32.1. The summed E-state index contributed by atoms with van der Waals surface area (Å²) in [6, 6.07) is 2.86. The van der Waals surface area contributed by atoms with Crippen LogP contribution in [0.3, 0.4) is 0 Å². The first-order valence-corrected chi connectivity index (χ1v) is 6.27. The Morgan fingerprint density at radius 2 is 2.28 bits per heavy atom. The first kappa shape index (κ1) is 12.6. The zero-order valence-corrected chi connectivity index (χ0v) is 11.0. The van der Waals surface area contributed by atoms with E-state index in [9.17, 15) is 4.39 Å². The van der Waals surface area contributed by atoms with E-state index in [1.807, 2.05) is 17.3 Å². The van der Waals surface area contributed by atoms with Crippen molar-refractivity contribution in [3.63, 3.8) is 0 Å². The van der Waals surface area contributed by atoms with E-state index in [-0.39, 0.29) is 5.75 Å². The number of benzene rings is 1. The molecule has 2 rings (SSSR count). The monoisotopic (exact) mass is 267 g/mol. The molecule has 0 unspecified atom stereocenters. The minimum absolute atomic E-state index is 0.185. The molecule has 0 spiro atoms. The van der Waals surface area contributed by atoms with Crippen LogP contribution in [0.15, 0.2) is 23.0 Å². The molecule has 0 amide bonds. The van der Waals surface area contributed by atoms with E-state index in [1.165, 1.54) is 24.5 Å². The van der Waals surface area contributed by atoms with Crippen molar-refractivity contribution in [2.75, 3.05) is 24.8 Å². The Labute approximate surface area is 109 Å². The Hall–Kier alpha value is -1.82. The minimum atomic E-state index is -0.458. The Bertz CT molecular complexity index is 530. The van der Waals surface area contributed by atoms with Crippen LogP contribution in [0.2, 0.25) is 0 Å². The highest BCUT2D eigenvalue weighted by molar-refractivity contribution is 7.07. The number of thiazole rings is 1. The van der Waals surface area contributed by atoms with Crippen LogP contribution in [0.5, 0.6) is 5.75 Å². The van der Waals surface area contributed by atoms with E-state index in [2.05, 4.69) is 4.98 Å². The molecule has 0 radical (unpaired) electrons. The molecule has 6 heteroatoms. The molecule has 1 heterocycles. The third-order valence-electron chi connectivity index (χ3n) is 2.59. The van der Waals surface area contributed by atoms with Crippen LogP contribution in [0.1, 0.15) is 5.69 Å². The maximum atomic E-state index is 13.4. The molecule has 2 N–H and O–H groups in total. The van der Waals surface area contributed by atoms with Crippen molar-refractivity contribution < 1.29 is 9.13 Å². The maximum Gasteiger partial charge on any atom is 0.167 e. The van der Waals surface area contributed by atoms with Crippen LogP contribution in [0, 0.1) is 5.82 Å². The third-order valence-corrected chi connectivity index (χ3v) is 3.23. The number of nitrogen functional groups attached to an aromatic ring is 1. The van der Waals surface area contributed by atoms with Crippen molar-refractivity contribution in [3.8, 4) is 5.75 Å². The number of hydrogen-bond donors (Lipinski definition) is 1. The maximum absolute atomic E-state index is 13.4. The molecule has 1 aromatic carbocycles. The van der Waals surface area contributed by atoms with Gasteiger partial charge in [0.15, 0.2) is 11.6 Å². The quantitative estimate of drug-likeness (QED) is 0.865. The zero-order chi connectivity index (χ0) is 13.1. The first-order valence-electron chi connectivity index (χ1n) is 5.33. The Morgan fingerprint density at radius 1 is 1.50 bits per heavy atom. The van der Waals surface area contributed by atoms with Crippen molar-refractivity contribution in [2.24, 2.45) is 0 Å². The second kappa shape index (κ2) is 5.22. The standard InChI is InChI=1S/C12H14FN3OS/c1-16(5-8-6-18-7-15-8)11-4-12(17-2)9(13)3-10(11)14/h3-4,6-7H,5,14H2,1-2H3. The van der Waals surface area contributed by atoms with Gasteiger partial charge in [-0.15, -0.1) is 11.3 Å². The first-order chi connectivity index (χ1) is 8.61. The summed E-state index contributed by atoms with van der Waals surface area (Å²) in [4.78, 5) is 6.11. The Kier molecular flexibility index (Phi) is 3.66. The van der Waals surface area contributed by atoms with E-state index in [0.717, 1.165) is 11.4 Å². The van der Waals surface area contributed by atoms with Crippen LogP contribution in [0.25, 0.3) is 0 Å². The van der Waals surface area contributed by atoms with Crippen LogP contribution < -0.4 is 15.4 Å². The highest BCUT2D eigenvalue weighted by Crippen LogP contribution is 2.30. The van der Waals surface area contributed by atoms with Crippen molar-refractivity contribution in [3.05, 3.63) is 34.5 Å². The predicted octanol–water partition coefficient (Wildman–Crippen LogP) is 2.51. The fourth-order valence-corrected chi connectivity index (χ4v) is 2.24. The van der Waals surface area contributed by atoms with Crippen molar-refractivity contribution >= 4 is 22.7 Å². The zero-order valence-electron chi connectivity index (χ0n) is 10.2. The largest absolute Gasteiger partial charge is 0.494 e. The summed E-state index contributed by atoms with van der Waals surface area (Å²) in [6.45, 7) is 0.614. The number of rotatable bonds is 4. The molecule has 0 fully saturated rings. The molecule has 0 saturated carbocycles. The van der Waals surface area contributed by atoms with Crippen LogP contribution in [-0.4, -0.2) is 19.1 Å². The average molecular weight is 267 g/mol. The molecular formula is C12H14FN3OS. The van der Waals surface area contributed by atoms with Gasteiger partial charge in [0.1, 0.15) is 0 Å². The molecule has 0 aliphatic carbocycles. The fraction of sp³-hybridized carbons (Fsp3) is 0.250. The van der Waals surface area contributed by atoms with Crippen LogP contribution >= 0.6 is 11.3 Å². The molecule has 0 bridgehead atoms. The summed E-state index contributed by atoms with van der Waals surface area (Å²) in [5.74, 6) is -0.273. The smallest absolute Gasteiger partial charge is 0.167 e. The molecule has 0 saturated heterocycles. The Balaban J connectivity index is 2.26. The summed E-state index contributed by atoms with van der Waals surface area (Å²) in [5, 5.41) is 1.97. The number of nitrogens with zero attached hydrogens (tertiary/aromatic N) is 2. The average Bonchev–Trinajstić information content (AvgIpc) is 2.81. The third kappa shape index (κ3) is 2.53. The van der Waals surface area contributed by atoms with Gasteiger partial charge in [0.05, 0.1) is 36.2 Å². The Morgan fingerprint density at radius 3 is 2.89 bits per heavy atom. The summed E-state index contributed by atoms with van der Waals surface area (Å²) in [6.07, 6.45) is 0. The lowest BCUT2D eigenvalue weighted by Crippen LogP contribution is -2.18. The van der Waals surface area contributed by atoms with Gasteiger partial charge >= 0.3 is 0 Å². The van der Waals surface area contributed by atoms with Crippen molar-refractivity contribution in [1.29, 1.82) is 0 Å². The van der Waals surface area contributed by atoms with Gasteiger partial charge in [0, 0.05) is 24.6 Å². The second-order valence-corrected chi connectivity index (χ2v) is 4.60. The summed E-state index contributed by atoms with van der Waals surface area (Å²) in [5.41, 5.74) is 9.65. The SMILES string of the molecule is COc1cc(N(C)Cc2cscn2)c(N)cc1F. The molecule has 4 nitrogen and oxygen atoms in total. The lowest BCUT2D eigenvalue weighted by Gasteiger charge is -2.21. The number of hydrogen-bond acceptors (Lipinski definition) is 5. The molecule has 0 aliphatic heterocycles. The highest BCUT2D eigenvalue weighted by Gasteiger charge is 2.12. The van der Waals surface area contributed by atoms with Gasteiger partial charge in [-0.1, -0.05) is 0 Å². The van der Waals surface area contributed by atoms with Crippen molar-refractivity contribution in [1.82, 2.24) is 4.98 Å². The van der Waals surface area contributed by atoms with Gasteiger partial charge in [-0.25, -0.2) is 9.37 Å². The molecule has 96 valence electrons. The molecular weight excluding hydrogens is 253 g/mol. The number of aromatic nitrogens is 1. The topological polar surface area (TPSA) is 51.4 Å². The normalized spacial score (nSPS) is 10.4. The van der Waals surface area contributed by atoms with Gasteiger partial charge in [0.2, 0.25) is 0 Å². The van der Waals surface area contributed by atoms with Crippen LogP contribution in [-0.2, 0) is 6.54 Å². The van der Waals surface area contributed by atoms with E-state index in [4.69, 9.17) is 10.5 Å². The number of ether oxygens (including phenoxy) is 1. The second-order valence-electron chi connectivity index (χ2n) is 3.88. The molecule has 0 atom stereocenters. The minimum Gasteiger partial charge on any atom is -0.494 e. The van der Waals surface area contributed by atoms with Gasteiger partial charge < -0.3 is 15.4 Å². The van der Waals surface area contributed by atoms with Gasteiger partial charge in [-0.05, 0) is 0 Å². The van der Waals surface area contributed by atoms with Gasteiger partial charge in [0.25, 0.3) is 0 Å². The molecule has 2 aromatic rings. The number of anilines is 2. The van der Waals surface area contributed by atoms with E-state index < -0.39 is 5.82 Å². The summed E-state index contributed by atoms with van der Waals surface area (Å²) >= 11 is 1.54. The summed E-state index contributed by atoms with van der Waals surface area (Å²) in [7, 11) is 3.31. The van der Waals surface area contributed by atoms with Gasteiger partial charge in [-0.3, -0.25) is 0 Å². The lowest BCUT2D eigenvalue weighted by molar-refractivity contribution is 0.387. The van der Waals surface area contributed by atoms with E-state index >= 15 is 0 Å². The number of methoxy groups -OCH3 is 1. The van der Waals surface area contributed by atoms with Crippen molar-refractivity contribution in [2.45, 2.75) is 6.54 Å². The molecule has 0 aliphatic rings. The predicted molar refractivity (Wildman–Crippen MR) is 71.6 cm³/mol. The number of halogens is 1. The summed E-state index contributed by atoms with van der Waals surface area (Å²) < 4.78 is 18.4. The van der Waals surface area contributed by atoms with E-state index in [1.54, 1.807) is 11.6 Å². The molecule has 18 heavy (non-hydrogen) atoms. The van der Waals surface area contributed by atoms with E-state index in [0.29, 0.717) is 12.2 Å². The molecule has 1 aromatic heterocycles.